The third kappa shape index (κ3) is 5.71. The number of ether oxygens (including phenoxy) is 1. The number of hydrogen-bond acceptors (Lipinski definition) is 4. The number of aryl methyl sites for hydroxylation is 1. The molecule has 0 spiro atoms. The number of esters is 1. The molecule has 134 valence electrons. The molecule has 0 aromatic carbocycles. The fraction of sp³-hybridized carbons (Fsp3) is 0.533. The van der Waals surface area contributed by atoms with E-state index in [1.165, 1.54) is 13.8 Å². The number of halogens is 3. The van der Waals surface area contributed by atoms with Gasteiger partial charge in [0.15, 0.2) is 5.69 Å². The van der Waals surface area contributed by atoms with E-state index in [4.69, 9.17) is 4.74 Å². The maximum Gasteiger partial charge on any atom is 0.435 e. The van der Waals surface area contributed by atoms with E-state index in [9.17, 15) is 22.8 Å². The Morgan fingerprint density at radius 3 is 2.58 bits per heavy atom. The molecule has 0 aliphatic rings. The quantitative estimate of drug-likeness (QED) is 0.634. The van der Waals surface area contributed by atoms with Crippen molar-refractivity contribution in [1.82, 2.24) is 15.1 Å². The number of aromatic nitrogens is 2. The van der Waals surface area contributed by atoms with E-state index in [0.29, 0.717) is 11.4 Å². The van der Waals surface area contributed by atoms with Crippen molar-refractivity contribution in [3.05, 3.63) is 29.2 Å². The predicted octanol–water partition coefficient (Wildman–Crippen LogP) is 2.43. The minimum atomic E-state index is -4.53. The van der Waals surface area contributed by atoms with Crippen molar-refractivity contribution in [2.75, 3.05) is 6.61 Å². The Kier molecular flexibility index (Phi) is 6.56. The number of alkyl halides is 3. The number of allylic oxidation sites excluding steroid dienone is 1. The number of carbonyl (C=O) groups is 2. The van der Waals surface area contributed by atoms with Crippen LogP contribution in [0.25, 0.3) is 0 Å². The van der Waals surface area contributed by atoms with Gasteiger partial charge in [-0.25, -0.2) is 4.79 Å². The molecule has 1 amide bonds. The number of rotatable bonds is 6. The lowest BCUT2D eigenvalue weighted by Crippen LogP contribution is -2.31. The third-order valence-corrected chi connectivity index (χ3v) is 3.11. The molecule has 24 heavy (non-hydrogen) atoms. The van der Waals surface area contributed by atoms with E-state index in [0.717, 1.165) is 16.8 Å². The molecule has 1 heterocycles. The van der Waals surface area contributed by atoms with Crippen molar-refractivity contribution < 1.29 is 27.5 Å². The van der Waals surface area contributed by atoms with E-state index < -0.39 is 29.7 Å². The van der Waals surface area contributed by atoms with Crippen molar-refractivity contribution in [2.45, 2.75) is 40.4 Å². The van der Waals surface area contributed by atoms with Crippen molar-refractivity contribution in [1.29, 1.82) is 0 Å². The number of carbonyl (C=O) groups excluding carboxylic acids is 2. The predicted molar refractivity (Wildman–Crippen MR) is 79.7 cm³/mol. The highest BCUT2D eigenvalue weighted by Gasteiger charge is 2.34. The zero-order chi connectivity index (χ0) is 18.5. The zero-order valence-corrected chi connectivity index (χ0v) is 13.9. The summed E-state index contributed by atoms with van der Waals surface area (Å²) >= 11 is 0. The van der Waals surface area contributed by atoms with Gasteiger partial charge in [0.2, 0.25) is 5.91 Å². The number of amides is 1. The van der Waals surface area contributed by atoms with Crippen molar-refractivity contribution in [2.24, 2.45) is 5.92 Å². The Labute approximate surface area is 137 Å². The first kappa shape index (κ1) is 19.7. The first-order valence-corrected chi connectivity index (χ1v) is 7.32. The average molecular weight is 347 g/mol. The van der Waals surface area contributed by atoms with Gasteiger partial charge >= 0.3 is 12.1 Å². The summed E-state index contributed by atoms with van der Waals surface area (Å²) in [7, 11) is 0. The molecule has 1 atom stereocenters. The summed E-state index contributed by atoms with van der Waals surface area (Å²) in [6, 6.07) is 0.927. The fourth-order valence-corrected chi connectivity index (χ4v) is 1.89. The topological polar surface area (TPSA) is 73.2 Å². The minimum Gasteiger partial charge on any atom is -0.463 e. The lowest BCUT2D eigenvalue weighted by molar-refractivity contribution is -0.141. The summed E-state index contributed by atoms with van der Waals surface area (Å²) in [5, 5.41) is 5.98. The highest BCUT2D eigenvalue weighted by Crippen LogP contribution is 2.28. The molecule has 1 aromatic rings. The highest BCUT2D eigenvalue weighted by atomic mass is 19.4. The van der Waals surface area contributed by atoms with Crippen molar-refractivity contribution in [3.63, 3.8) is 0 Å². The van der Waals surface area contributed by atoms with Crippen LogP contribution in [0.15, 0.2) is 17.8 Å². The fourth-order valence-electron chi connectivity index (χ4n) is 1.89. The molecule has 0 fully saturated rings. The van der Waals surface area contributed by atoms with Crippen LogP contribution in [0.5, 0.6) is 0 Å². The second-order valence-electron chi connectivity index (χ2n) is 5.32. The number of nitrogens with zero attached hydrogens (tertiary/aromatic N) is 2. The summed E-state index contributed by atoms with van der Waals surface area (Å²) in [5.74, 6) is -1.66. The highest BCUT2D eigenvalue weighted by molar-refractivity contribution is 5.85. The Bertz CT molecular complexity index is 636. The lowest BCUT2D eigenvalue weighted by atomic mass is 10.1. The van der Waals surface area contributed by atoms with Gasteiger partial charge in [0.25, 0.3) is 0 Å². The monoisotopic (exact) mass is 347 g/mol. The average Bonchev–Trinajstić information content (AvgIpc) is 2.80. The van der Waals surface area contributed by atoms with Gasteiger partial charge in [-0.15, -0.1) is 0 Å². The van der Waals surface area contributed by atoms with Gasteiger partial charge in [-0.05, 0) is 26.8 Å². The maximum atomic E-state index is 12.6. The van der Waals surface area contributed by atoms with Crippen LogP contribution in [-0.4, -0.2) is 28.3 Å². The van der Waals surface area contributed by atoms with Crippen LogP contribution in [0.2, 0.25) is 0 Å². The Morgan fingerprint density at radius 2 is 2.08 bits per heavy atom. The van der Waals surface area contributed by atoms with Crippen LogP contribution < -0.4 is 5.32 Å². The molecule has 1 aromatic heterocycles. The van der Waals surface area contributed by atoms with E-state index in [1.807, 2.05) is 0 Å². The van der Waals surface area contributed by atoms with E-state index >= 15 is 0 Å². The summed E-state index contributed by atoms with van der Waals surface area (Å²) in [4.78, 5) is 23.3. The molecule has 0 bridgehead atoms. The first-order chi connectivity index (χ1) is 11.0. The number of hydrogen-bond donors (Lipinski definition) is 1. The molecule has 0 radical (unpaired) electrons. The Hall–Kier alpha value is -2.32. The SMILES string of the molecule is CCOC(=O)/C=C(\C)NC(=O)C(C)Cn1nc(C(F)(F)F)cc1C. The molecule has 1 unspecified atom stereocenters. The van der Waals surface area contributed by atoms with Gasteiger partial charge in [-0.3, -0.25) is 9.48 Å². The maximum absolute atomic E-state index is 12.6. The van der Waals surface area contributed by atoms with Crippen LogP contribution in [0.3, 0.4) is 0 Å². The zero-order valence-electron chi connectivity index (χ0n) is 13.9. The third-order valence-electron chi connectivity index (χ3n) is 3.11. The van der Waals surface area contributed by atoms with Gasteiger partial charge in [-0.2, -0.15) is 18.3 Å². The first-order valence-electron chi connectivity index (χ1n) is 7.32. The van der Waals surface area contributed by atoms with Gasteiger partial charge in [0.1, 0.15) is 0 Å². The lowest BCUT2D eigenvalue weighted by Gasteiger charge is -2.13. The van der Waals surface area contributed by atoms with Gasteiger partial charge in [0.05, 0.1) is 19.1 Å². The molecule has 0 aliphatic heterocycles. The standard InChI is InChI=1S/C15H20F3N3O3/c1-5-24-13(22)6-10(3)19-14(23)9(2)8-21-11(4)7-12(20-21)15(16,17)18/h6-7,9H,5,8H2,1-4H3,(H,19,23)/b10-6+. The molecule has 9 heteroatoms. The molecular formula is C15H20F3N3O3. The Morgan fingerprint density at radius 1 is 1.46 bits per heavy atom. The molecule has 6 nitrogen and oxygen atoms in total. The van der Waals surface area contributed by atoms with Gasteiger partial charge in [0, 0.05) is 17.5 Å². The molecule has 1 rings (SSSR count). The van der Waals surface area contributed by atoms with Crippen LogP contribution in [0.4, 0.5) is 13.2 Å². The summed E-state index contributed by atoms with van der Waals surface area (Å²) < 4.78 is 43.7. The van der Waals surface area contributed by atoms with E-state index in [1.54, 1.807) is 13.8 Å². The number of nitrogens with one attached hydrogen (secondary N) is 1. The van der Waals surface area contributed by atoms with E-state index in [-0.39, 0.29) is 13.2 Å². The summed E-state index contributed by atoms with van der Waals surface area (Å²) in [6.45, 7) is 6.42. The molecule has 1 N–H and O–H groups in total. The normalized spacial score (nSPS) is 13.5. The smallest absolute Gasteiger partial charge is 0.435 e. The van der Waals surface area contributed by atoms with Crippen LogP contribution in [-0.2, 0) is 27.0 Å². The second kappa shape index (κ2) is 7.98. The molecule has 0 aliphatic carbocycles. The van der Waals surface area contributed by atoms with Crippen LogP contribution in [0.1, 0.15) is 32.2 Å². The van der Waals surface area contributed by atoms with Crippen molar-refractivity contribution in [3.8, 4) is 0 Å². The van der Waals surface area contributed by atoms with Crippen LogP contribution >= 0.6 is 0 Å². The van der Waals surface area contributed by atoms with Gasteiger partial charge in [-0.1, -0.05) is 6.92 Å². The van der Waals surface area contributed by atoms with Crippen molar-refractivity contribution >= 4 is 11.9 Å². The molecule has 0 saturated heterocycles. The largest absolute Gasteiger partial charge is 0.463 e. The second-order valence-corrected chi connectivity index (χ2v) is 5.32. The molecular weight excluding hydrogens is 327 g/mol. The van der Waals surface area contributed by atoms with Gasteiger partial charge < -0.3 is 10.1 Å². The minimum absolute atomic E-state index is 0.0135. The van der Waals surface area contributed by atoms with E-state index in [2.05, 4.69) is 10.4 Å². The molecule has 0 saturated carbocycles. The Balaban J connectivity index is 2.71. The summed E-state index contributed by atoms with van der Waals surface area (Å²) in [6.07, 6.45) is -3.39. The summed E-state index contributed by atoms with van der Waals surface area (Å²) in [5.41, 5.74) is -0.398. The van der Waals surface area contributed by atoms with Crippen LogP contribution in [0, 0.1) is 12.8 Å².